The van der Waals surface area contributed by atoms with E-state index in [0.717, 1.165) is 16.3 Å². The van der Waals surface area contributed by atoms with Crippen molar-refractivity contribution in [2.24, 2.45) is 0 Å². The summed E-state index contributed by atoms with van der Waals surface area (Å²) in [5, 5.41) is 2.14. The zero-order valence-corrected chi connectivity index (χ0v) is 7.99. The molecule has 15 heavy (non-hydrogen) atoms. The largest absolute Gasteiger partial charge is 0.423 e. The third-order valence-corrected chi connectivity index (χ3v) is 2.62. The Bertz CT molecular complexity index is 544. The lowest BCUT2D eigenvalue weighted by Gasteiger charge is -1.99. The van der Waals surface area contributed by atoms with Crippen molar-refractivity contribution in [2.45, 2.75) is 0 Å². The Morgan fingerprint density at radius 1 is 1.00 bits per heavy atom. The Morgan fingerprint density at radius 3 is 2.27 bits per heavy atom. The van der Waals surface area contributed by atoms with Crippen molar-refractivity contribution in [2.75, 3.05) is 0 Å². The van der Waals surface area contributed by atoms with Gasteiger partial charge in [-0.05, 0) is 22.9 Å². The highest BCUT2D eigenvalue weighted by molar-refractivity contribution is 6.06. The third kappa shape index (κ3) is 1.08. The zero-order valence-electron chi connectivity index (χ0n) is 7.99. The summed E-state index contributed by atoms with van der Waals surface area (Å²) in [6.07, 6.45) is 0. The standard InChI is InChI=1S/C13H8O2/c1-8-11-6-9-4-2-3-5-10(9)7-12(11)13(14)15-8/h2-7H,1H2. The quantitative estimate of drug-likeness (QED) is 0.605. The Morgan fingerprint density at radius 2 is 1.60 bits per heavy atom. The molecule has 0 aliphatic carbocycles. The average Bonchev–Trinajstić information content (AvgIpc) is 2.52. The summed E-state index contributed by atoms with van der Waals surface area (Å²) in [6, 6.07) is 11.7. The van der Waals surface area contributed by atoms with E-state index in [0.29, 0.717) is 11.3 Å². The predicted octanol–water partition coefficient (Wildman–Crippen LogP) is 2.98. The van der Waals surface area contributed by atoms with Crippen LogP contribution in [0.4, 0.5) is 0 Å². The third-order valence-electron chi connectivity index (χ3n) is 2.62. The van der Waals surface area contributed by atoms with E-state index in [1.165, 1.54) is 0 Å². The van der Waals surface area contributed by atoms with Gasteiger partial charge in [-0.1, -0.05) is 30.8 Å². The molecule has 2 nitrogen and oxygen atoms in total. The van der Waals surface area contributed by atoms with Crippen LogP contribution in [0.5, 0.6) is 0 Å². The second-order valence-electron chi connectivity index (χ2n) is 3.56. The molecule has 2 aromatic carbocycles. The molecule has 1 heterocycles. The van der Waals surface area contributed by atoms with Crippen molar-refractivity contribution < 1.29 is 9.53 Å². The van der Waals surface area contributed by atoms with Crippen LogP contribution in [0.1, 0.15) is 15.9 Å². The van der Waals surface area contributed by atoms with E-state index in [2.05, 4.69) is 6.58 Å². The normalized spacial score (nSPS) is 14.1. The van der Waals surface area contributed by atoms with Gasteiger partial charge >= 0.3 is 5.97 Å². The van der Waals surface area contributed by atoms with Gasteiger partial charge in [-0.25, -0.2) is 4.79 Å². The lowest BCUT2D eigenvalue weighted by Crippen LogP contribution is -1.92. The summed E-state index contributed by atoms with van der Waals surface area (Å²) >= 11 is 0. The highest BCUT2D eigenvalue weighted by atomic mass is 16.5. The van der Waals surface area contributed by atoms with Gasteiger partial charge in [0.15, 0.2) is 0 Å². The summed E-state index contributed by atoms with van der Waals surface area (Å²) in [6.45, 7) is 3.71. The number of ether oxygens (including phenoxy) is 1. The SMILES string of the molecule is C=C1OC(=O)c2cc3ccccc3cc21. The number of rotatable bonds is 0. The second-order valence-corrected chi connectivity index (χ2v) is 3.56. The molecule has 0 saturated carbocycles. The van der Waals surface area contributed by atoms with Crippen LogP contribution in [0.15, 0.2) is 43.0 Å². The van der Waals surface area contributed by atoms with Crippen molar-refractivity contribution in [1.29, 1.82) is 0 Å². The Labute approximate surface area is 86.8 Å². The van der Waals surface area contributed by atoms with E-state index in [4.69, 9.17) is 4.74 Å². The van der Waals surface area contributed by atoms with Crippen LogP contribution in [0.2, 0.25) is 0 Å². The molecular weight excluding hydrogens is 188 g/mol. The molecule has 3 rings (SSSR count). The predicted molar refractivity (Wildman–Crippen MR) is 58.4 cm³/mol. The Hall–Kier alpha value is -2.09. The van der Waals surface area contributed by atoms with Gasteiger partial charge in [0.2, 0.25) is 0 Å². The van der Waals surface area contributed by atoms with Crippen LogP contribution >= 0.6 is 0 Å². The molecule has 2 heteroatoms. The van der Waals surface area contributed by atoms with E-state index in [1.807, 2.05) is 36.4 Å². The van der Waals surface area contributed by atoms with Crippen LogP contribution in [-0.2, 0) is 4.74 Å². The smallest absolute Gasteiger partial charge is 0.344 e. The number of carbonyl (C=O) groups excluding carboxylic acids is 1. The maximum atomic E-state index is 11.4. The van der Waals surface area contributed by atoms with Gasteiger partial charge in [0, 0.05) is 5.56 Å². The summed E-state index contributed by atoms with van der Waals surface area (Å²) in [7, 11) is 0. The van der Waals surface area contributed by atoms with E-state index >= 15 is 0 Å². The first-order chi connectivity index (χ1) is 7.25. The van der Waals surface area contributed by atoms with Crippen molar-refractivity contribution in [3.05, 3.63) is 54.1 Å². The van der Waals surface area contributed by atoms with Crippen LogP contribution in [0.25, 0.3) is 16.5 Å². The number of carbonyl (C=O) groups is 1. The molecule has 1 aliphatic rings. The van der Waals surface area contributed by atoms with Gasteiger partial charge < -0.3 is 4.74 Å². The van der Waals surface area contributed by atoms with Crippen LogP contribution in [0, 0.1) is 0 Å². The minimum absolute atomic E-state index is 0.305. The first kappa shape index (κ1) is 8.24. The first-order valence-corrected chi connectivity index (χ1v) is 4.70. The number of fused-ring (bicyclic) bond motifs is 2. The fourth-order valence-corrected chi connectivity index (χ4v) is 1.86. The van der Waals surface area contributed by atoms with Crippen LogP contribution < -0.4 is 0 Å². The Balaban J connectivity index is 2.41. The molecule has 2 aromatic rings. The van der Waals surface area contributed by atoms with Crippen LogP contribution in [0.3, 0.4) is 0 Å². The fraction of sp³-hybridized carbons (Fsp3) is 0. The molecule has 1 aliphatic heterocycles. The number of esters is 1. The molecule has 0 spiro atoms. The number of benzene rings is 2. The van der Waals surface area contributed by atoms with Crippen molar-refractivity contribution in [3.63, 3.8) is 0 Å². The van der Waals surface area contributed by atoms with Gasteiger partial charge in [0.05, 0.1) is 5.56 Å². The lowest BCUT2D eigenvalue weighted by molar-refractivity contribution is 0.0716. The molecule has 0 unspecified atom stereocenters. The number of cyclic esters (lactones) is 1. The van der Waals surface area contributed by atoms with E-state index in [1.54, 1.807) is 0 Å². The summed E-state index contributed by atoms with van der Waals surface area (Å²) in [5.74, 6) is 0.140. The number of hydrogen-bond donors (Lipinski definition) is 0. The molecule has 0 radical (unpaired) electrons. The van der Waals surface area contributed by atoms with Crippen molar-refractivity contribution in [3.8, 4) is 0 Å². The first-order valence-electron chi connectivity index (χ1n) is 4.70. The molecule has 0 bridgehead atoms. The minimum Gasteiger partial charge on any atom is -0.423 e. The van der Waals surface area contributed by atoms with Gasteiger partial charge in [-0.15, -0.1) is 0 Å². The van der Waals surface area contributed by atoms with Gasteiger partial charge in [0.25, 0.3) is 0 Å². The summed E-state index contributed by atoms with van der Waals surface area (Å²) in [4.78, 5) is 11.4. The molecule has 0 atom stereocenters. The van der Waals surface area contributed by atoms with E-state index < -0.39 is 0 Å². The van der Waals surface area contributed by atoms with Crippen LogP contribution in [-0.4, -0.2) is 5.97 Å². The fourth-order valence-electron chi connectivity index (χ4n) is 1.86. The maximum absolute atomic E-state index is 11.4. The molecule has 0 aromatic heterocycles. The van der Waals surface area contributed by atoms with Crippen molar-refractivity contribution >= 4 is 22.5 Å². The maximum Gasteiger partial charge on any atom is 0.344 e. The highest BCUT2D eigenvalue weighted by Gasteiger charge is 2.25. The van der Waals surface area contributed by atoms with Gasteiger partial charge in [0.1, 0.15) is 5.76 Å². The number of hydrogen-bond acceptors (Lipinski definition) is 2. The zero-order chi connectivity index (χ0) is 10.4. The van der Waals surface area contributed by atoms with Gasteiger partial charge in [-0.3, -0.25) is 0 Å². The molecule has 0 fully saturated rings. The molecule has 72 valence electrons. The Kier molecular flexibility index (Phi) is 1.48. The summed E-state index contributed by atoms with van der Waals surface area (Å²) < 4.78 is 4.97. The minimum atomic E-state index is -0.305. The molecule has 0 amide bonds. The summed E-state index contributed by atoms with van der Waals surface area (Å²) in [5.41, 5.74) is 1.41. The lowest BCUT2D eigenvalue weighted by atomic mass is 10.0. The molecule has 0 N–H and O–H groups in total. The second kappa shape index (κ2) is 2.70. The molecular formula is C13H8O2. The van der Waals surface area contributed by atoms with Crippen molar-refractivity contribution in [1.82, 2.24) is 0 Å². The molecule has 0 saturated heterocycles. The topological polar surface area (TPSA) is 26.3 Å². The average molecular weight is 196 g/mol. The highest BCUT2D eigenvalue weighted by Crippen LogP contribution is 2.31. The van der Waals surface area contributed by atoms with E-state index in [9.17, 15) is 4.79 Å². The van der Waals surface area contributed by atoms with E-state index in [-0.39, 0.29) is 5.97 Å². The van der Waals surface area contributed by atoms with Gasteiger partial charge in [-0.2, -0.15) is 0 Å². The monoisotopic (exact) mass is 196 g/mol.